The zero-order valence-electron chi connectivity index (χ0n) is 8.09. The predicted molar refractivity (Wildman–Crippen MR) is 50.0 cm³/mol. The van der Waals surface area contributed by atoms with Crippen LogP contribution >= 0.6 is 0 Å². The molecule has 0 radical (unpaired) electrons. The smallest absolute Gasteiger partial charge is 0.250 e. The third-order valence-electron chi connectivity index (χ3n) is 2.02. The summed E-state index contributed by atoms with van der Waals surface area (Å²) in [5, 5.41) is 2.75. The lowest BCUT2D eigenvalue weighted by molar-refractivity contribution is -0.131. The number of nitrogens with one attached hydrogen (secondary N) is 1. The lowest BCUT2D eigenvalue weighted by Crippen LogP contribution is -2.46. The first-order chi connectivity index (χ1) is 6.05. The van der Waals surface area contributed by atoms with Crippen molar-refractivity contribution in [2.75, 3.05) is 6.61 Å². The van der Waals surface area contributed by atoms with E-state index in [4.69, 9.17) is 11.2 Å². The summed E-state index contributed by atoms with van der Waals surface area (Å²) in [6.07, 6.45) is 6.70. The van der Waals surface area contributed by atoms with E-state index in [2.05, 4.69) is 11.2 Å². The van der Waals surface area contributed by atoms with Gasteiger partial charge in [0.15, 0.2) is 0 Å². The van der Waals surface area contributed by atoms with Gasteiger partial charge in [0.2, 0.25) is 5.91 Å². The van der Waals surface area contributed by atoms with E-state index in [1.54, 1.807) is 13.8 Å². The first kappa shape index (κ1) is 10.1. The van der Waals surface area contributed by atoms with Gasteiger partial charge < -0.3 is 10.1 Å². The fraction of sp³-hybridized carbons (Fsp3) is 0.700. The summed E-state index contributed by atoms with van der Waals surface area (Å²) in [6, 6.07) is 0. The molecule has 0 unspecified atom stereocenters. The molecule has 3 heteroatoms. The standard InChI is InChI=1S/C10H15NO2/c1-4-10(2,3)11-9(12)8-6-5-7-13-8/h1,8H,5-7H2,2-3H3,(H,11,12)/t8-/m1/s1. The summed E-state index contributed by atoms with van der Waals surface area (Å²) >= 11 is 0. The molecule has 0 aromatic heterocycles. The van der Waals surface area contributed by atoms with E-state index in [0.29, 0.717) is 6.61 Å². The molecule has 1 atom stereocenters. The van der Waals surface area contributed by atoms with Crippen molar-refractivity contribution in [2.24, 2.45) is 0 Å². The number of hydrogen-bond acceptors (Lipinski definition) is 2. The molecule has 13 heavy (non-hydrogen) atoms. The van der Waals surface area contributed by atoms with Crippen molar-refractivity contribution < 1.29 is 9.53 Å². The largest absolute Gasteiger partial charge is 0.368 e. The zero-order chi connectivity index (χ0) is 9.90. The maximum absolute atomic E-state index is 11.5. The van der Waals surface area contributed by atoms with Crippen LogP contribution < -0.4 is 5.32 Å². The average molecular weight is 181 g/mol. The van der Waals surface area contributed by atoms with Crippen molar-refractivity contribution in [1.82, 2.24) is 5.32 Å². The summed E-state index contributed by atoms with van der Waals surface area (Å²) in [4.78, 5) is 11.5. The van der Waals surface area contributed by atoms with E-state index >= 15 is 0 Å². The molecule has 1 N–H and O–H groups in total. The number of ether oxygens (including phenoxy) is 1. The molecule has 1 heterocycles. The van der Waals surface area contributed by atoms with Crippen LogP contribution in [0.25, 0.3) is 0 Å². The van der Waals surface area contributed by atoms with Crippen LogP contribution in [0.5, 0.6) is 0 Å². The van der Waals surface area contributed by atoms with Crippen molar-refractivity contribution >= 4 is 5.91 Å². The molecule has 0 spiro atoms. The van der Waals surface area contributed by atoms with Crippen LogP contribution in [0, 0.1) is 12.3 Å². The molecule has 0 aromatic carbocycles. The predicted octanol–water partition coefficient (Wildman–Crippen LogP) is 0.693. The zero-order valence-corrected chi connectivity index (χ0v) is 8.09. The van der Waals surface area contributed by atoms with Gasteiger partial charge in [0.1, 0.15) is 6.10 Å². The topological polar surface area (TPSA) is 38.3 Å². The Morgan fingerprint density at radius 3 is 2.85 bits per heavy atom. The van der Waals surface area contributed by atoms with Gasteiger partial charge in [0, 0.05) is 6.61 Å². The minimum atomic E-state index is -0.580. The molecular weight excluding hydrogens is 166 g/mol. The first-order valence-corrected chi connectivity index (χ1v) is 4.46. The summed E-state index contributed by atoms with van der Waals surface area (Å²) < 4.78 is 5.22. The summed E-state index contributed by atoms with van der Waals surface area (Å²) in [5.41, 5.74) is -0.580. The van der Waals surface area contributed by atoms with Crippen molar-refractivity contribution in [3.63, 3.8) is 0 Å². The molecular formula is C10H15NO2. The summed E-state index contributed by atoms with van der Waals surface area (Å²) in [7, 11) is 0. The first-order valence-electron chi connectivity index (χ1n) is 4.46. The minimum Gasteiger partial charge on any atom is -0.368 e. The Kier molecular flexibility index (Phi) is 2.94. The third kappa shape index (κ3) is 2.74. The Morgan fingerprint density at radius 2 is 2.38 bits per heavy atom. The number of carbonyl (C=O) groups excluding carboxylic acids is 1. The highest BCUT2D eigenvalue weighted by Gasteiger charge is 2.27. The van der Waals surface area contributed by atoms with Crippen LogP contribution in [-0.2, 0) is 9.53 Å². The Balaban J connectivity index is 2.45. The van der Waals surface area contributed by atoms with Crippen LogP contribution in [0.2, 0.25) is 0 Å². The van der Waals surface area contributed by atoms with Crippen LogP contribution in [0.15, 0.2) is 0 Å². The Hall–Kier alpha value is -1.01. The molecule has 1 rings (SSSR count). The molecule has 1 amide bonds. The van der Waals surface area contributed by atoms with E-state index in [9.17, 15) is 4.79 Å². The van der Waals surface area contributed by atoms with Gasteiger partial charge in [-0.2, -0.15) is 0 Å². The van der Waals surface area contributed by atoms with Crippen molar-refractivity contribution in [3.05, 3.63) is 0 Å². The molecule has 0 saturated carbocycles. The second-order valence-corrected chi connectivity index (χ2v) is 3.76. The van der Waals surface area contributed by atoms with Gasteiger partial charge in [-0.05, 0) is 26.7 Å². The number of hydrogen-bond donors (Lipinski definition) is 1. The van der Waals surface area contributed by atoms with E-state index < -0.39 is 5.54 Å². The molecule has 72 valence electrons. The molecule has 3 nitrogen and oxygen atoms in total. The van der Waals surface area contributed by atoms with Crippen molar-refractivity contribution in [2.45, 2.75) is 38.3 Å². The summed E-state index contributed by atoms with van der Waals surface area (Å²) in [6.45, 7) is 4.26. The summed E-state index contributed by atoms with van der Waals surface area (Å²) in [5.74, 6) is 2.41. The van der Waals surface area contributed by atoms with Crippen LogP contribution in [0.1, 0.15) is 26.7 Å². The number of rotatable bonds is 2. The van der Waals surface area contributed by atoms with E-state index in [0.717, 1.165) is 12.8 Å². The monoisotopic (exact) mass is 181 g/mol. The molecule has 0 aliphatic carbocycles. The lowest BCUT2D eigenvalue weighted by Gasteiger charge is -2.21. The van der Waals surface area contributed by atoms with Gasteiger partial charge in [-0.3, -0.25) is 4.79 Å². The Labute approximate surface area is 78.8 Å². The van der Waals surface area contributed by atoms with Gasteiger partial charge in [-0.25, -0.2) is 0 Å². The molecule has 1 saturated heterocycles. The second kappa shape index (κ2) is 3.80. The fourth-order valence-corrected chi connectivity index (χ4v) is 1.21. The normalized spacial score (nSPS) is 22.4. The minimum absolute atomic E-state index is 0.0968. The molecule has 1 aliphatic rings. The molecule has 0 aromatic rings. The highest BCUT2D eigenvalue weighted by Crippen LogP contribution is 2.13. The van der Waals surface area contributed by atoms with Crippen LogP contribution in [0.3, 0.4) is 0 Å². The number of amides is 1. The highest BCUT2D eigenvalue weighted by molar-refractivity contribution is 5.82. The maximum Gasteiger partial charge on any atom is 0.250 e. The van der Waals surface area contributed by atoms with Gasteiger partial charge in [-0.1, -0.05) is 5.92 Å². The van der Waals surface area contributed by atoms with Crippen LogP contribution in [-0.4, -0.2) is 24.2 Å². The van der Waals surface area contributed by atoms with E-state index in [1.165, 1.54) is 0 Å². The average Bonchev–Trinajstić information content (AvgIpc) is 2.55. The Bertz CT molecular complexity index is 234. The van der Waals surface area contributed by atoms with Crippen molar-refractivity contribution in [3.8, 4) is 12.3 Å². The SMILES string of the molecule is C#CC(C)(C)NC(=O)[C@H]1CCCO1. The quantitative estimate of drug-likeness (QED) is 0.637. The van der Waals surface area contributed by atoms with E-state index in [-0.39, 0.29) is 12.0 Å². The van der Waals surface area contributed by atoms with Gasteiger partial charge >= 0.3 is 0 Å². The number of carbonyl (C=O) groups is 1. The fourth-order valence-electron chi connectivity index (χ4n) is 1.21. The highest BCUT2D eigenvalue weighted by atomic mass is 16.5. The van der Waals surface area contributed by atoms with E-state index in [1.807, 2.05) is 0 Å². The van der Waals surface area contributed by atoms with Gasteiger partial charge in [-0.15, -0.1) is 6.42 Å². The maximum atomic E-state index is 11.5. The Morgan fingerprint density at radius 1 is 1.69 bits per heavy atom. The number of terminal acetylenes is 1. The van der Waals surface area contributed by atoms with Crippen LogP contribution in [0.4, 0.5) is 0 Å². The molecule has 0 bridgehead atoms. The van der Waals surface area contributed by atoms with Crippen molar-refractivity contribution in [1.29, 1.82) is 0 Å². The molecule has 1 aliphatic heterocycles. The van der Waals surface area contributed by atoms with Gasteiger partial charge in [0.25, 0.3) is 0 Å². The van der Waals surface area contributed by atoms with Gasteiger partial charge in [0.05, 0.1) is 5.54 Å². The third-order valence-corrected chi connectivity index (χ3v) is 2.02. The lowest BCUT2D eigenvalue weighted by atomic mass is 10.1. The molecule has 1 fully saturated rings. The second-order valence-electron chi connectivity index (χ2n) is 3.76.